The van der Waals surface area contributed by atoms with Gasteiger partial charge in [0, 0.05) is 23.9 Å². The van der Waals surface area contributed by atoms with E-state index in [1.54, 1.807) is 16.4 Å². The van der Waals surface area contributed by atoms with Gasteiger partial charge in [-0.1, -0.05) is 43.7 Å². The number of aliphatic carboxylic acids is 1. The average molecular weight is 492 g/mol. The number of carbonyl (C=O) groups is 1. The van der Waals surface area contributed by atoms with Gasteiger partial charge in [-0.2, -0.15) is 0 Å². The third kappa shape index (κ3) is 5.73. The number of sulfonamides is 1. The molecule has 8 heteroatoms. The highest BCUT2D eigenvalue weighted by Gasteiger charge is 2.42. The van der Waals surface area contributed by atoms with Crippen molar-refractivity contribution in [1.82, 2.24) is 4.31 Å². The second-order valence-electron chi connectivity index (χ2n) is 9.07. The summed E-state index contributed by atoms with van der Waals surface area (Å²) in [5.74, 6) is -0.639. The minimum Gasteiger partial charge on any atom is -0.478 e. The molecule has 0 aromatic heterocycles. The van der Waals surface area contributed by atoms with Crippen LogP contribution >= 0.6 is 11.8 Å². The second-order valence-corrected chi connectivity index (χ2v) is 12.6. The maximum Gasteiger partial charge on any atom is 0.347 e. The number of rotatable bonds is 10. The number of aryl methyl sites for hydroxylation is 1. The van der Waals surface area contributed by atoms with Gasteiger partial charge in [0.15, 0.2) is 5.60 Å². The standard InChI is InChI=1S/C25H33NO5S2/c1-6-14-26(15-13-19-8-10-20(11-9-19)31-25(4,5)24(27)28)33(29,30)23-18(3)21-16-17(2)7-12-22(21)32-23/h7-12,16,18,23H,6,13-15H2,1-5H3,(H,27,28). The van der Waals surface area contributed by atoms with E-state index in [-0.39, 0.29) is 5.92 Å². The number of hydrogen-bond acceptors (Lipinski definition) is 5. The minimum atomic E-state index is -3.50. The van der Waals surface area contributed by atoms with Crippen molar-refractivity contribution in [1.29, 1.82) is 0 Å². The first-order chi connectivity index (χ1) is 15.5. The third-order valence-electron chi connectivity index (χ3n) is 5.89. The lowest BCUT2D eigenvalue weighted by atomic mass is 10.0. The molecule has 2 atom stereocenters. The molecule has 2 aromatic carbocycles. The Kier molecular flexibility index (Phi) is 7.81. The normalized spacial score (nSPS) is 18.4. The molecule has 6 nitrogen and oxygen atoms in total. The highest BCUT2D eigenvalue weighted by Crippen LogP contribution is 2.48. The van der Waals surface area contributed by atoms with E-state index in [9.17, 15) is 18.3 Å². The van der Waals surface area contributed by atoms with Crippen LogP contribution in [0.25, 0.3) is 0 Å². The molecule has 1 heterocycles. The monoisotopic (exact) mass is 491 g/mol. The summed E-state index contributed by atoms with van der Waals surface area (Å²) in [4.78, 5) is 12.3. The van der Waals surface area contributed by atoms with Crippen molar-refractivity contribution in [3.63, 3.8) is 0 Å². The fraction of sp³-hybridized carbons (Fsp3) is 0.480. The Morgan fingerprint density at radius 3 is 2.42 bits per heavy atom. The number of ether oxygens (including phenoxy) is 1. The van der Waals surface area contributed by atoms with Crippen LogP contribution in [0.2, 0.25) is 0 Å². The summed E-state index contributed by atoms with van der Waals surface area (Å²) >= 11 is 1.45. The number of carboxylic acid groups (broad SMARTS) is 1. The van der Waals surface area contributed by atoms with Gasteiger partial charge in [0.1, 0.15) is 10.3 Å². The van der Waals surface area contributed by atoms with Gasteiger partial charge >= 0.3 is 5.97 Å². The van der Waals surface area contributed by atoms with Gasteiger partial charge in [0.25, 0.3) is 0 Å². The van der Waals surface area contributed by atoms with E-state index < -0.39 is 26.2 Å². The van der Waals surface area contributed by atoms with Crippen LogP contribution in [0.3, 0.4) is 0 Å². The molecule has 0 saturated carbocycles. The topological polar surface area (TPSA) is 83.9 Å². The largest absolute Gasteiger partial charge is 0.478 e. The third-order valence-corrected chi connectivity index (χ3v) is 10.3. The first kappa shape index (κ1) is 25.6. The molecular weight excluding hydrogens is 458 g/mol. The summed E-state index contributed by atoms with van der Waals surface area (Å²) in [5, 5.41) is 9.22. The van der Waals surface area contributed by atoms with Crippen LogP contribution in [0.1, 0.15) is 56.7 Å². The molecule has 3 rings (SSSR count). The zero-order valence-electron chi connectivity index (χ0n) is 19.9. The maximum atomic E-state index is 13.6. The number of nitrogens with zero attached hydrogens (tertiary/aromatic N) is 1. The smallest absolute Gasteiger partial charge is 0.347 e. The van der Waals surface area contributed by atoms with Gasteiger partial charge in [-0.3, -0.25) is 0 Å². The van der Waals surface area contributed by atoms with Gasteiger partial charge in [0.2, 0.25) is 10.0 Å². The fourth-order valence-corrected chi connectivity index (χ4v) is 7.93. The zero-order valence-corrected chi connectivity index (χ0v) is 21.5. The van der Waals surface area contributed by atoms with Crippen LogP contribution in [0, 0.1) is 6.92 Å². The van der Waals surface area contributed by atoms with Gasteiger partial charge in [0.05, 0.1) is 0 Å². The molecule has 2 unspecified atom stereocenters. The molecule has 33 heavy (non-hydrogen) atoms. The molecule has 0 saturated heterocycles. The summed E-state index contributed by atoms with van der Waals surface area (Å²) in [5.41, 5.74) is 1.91. The minimum absolute atomic E-state index is 0.0664. The van der Waals surface area contributed by atoms with Gasteiger partial charge in [-0.15, -0.1) is 11.8 Å². The maximum absolute atomic E-state index is 13.6. The lowest BCUT2D eigenvalue weighted by Crippen LogP contribution is -2.40. The molecule has 0 amide bonds. The van der Waals surface area contributed by atoms with Crippen LogP contribution in [-0.2, 0) is 21.2 Å². The van der Waals surface area contributed by atoms with E-state index in [1.165, 1.54) is 25.6 Å². The molecule has 1 N–H and O–H groups in total. The highest BCUT2D eigenvalue weighted by atomic mass is 32.3. The van der Waals surface area contributed by atoms with Crippen LogP contribution < -0.4 is 4.74 Å². The molecular formula is C25H33NO5S2. The van der Waals surface area contributed by atoms with E-state index in [4.69, 9.17) is 4.74 Å². The SMILES string of the molecule is CCCN(CCc1ccc(OC(C)(C)C(=O)O)cc1)S(=O)(=O)C1Sc2ccc(C)cc2C1C. The quantitative estimate of drug-likeness (QED) is 0.500. The molecule has 180 valence electrons. The lowest BCUT2D eigenvalue weighted by molar-refractivity contribution is -0.152. The van der Waals surface area contributed by atoms with Crippen molar-refractivity contribution in [3.8, 4) is 5.75 Å². The van der Waals surface area contributed by atoms with Gasteiger partial charge in [-0.25, -0.2) is 17.5 Å². The molecule has 0 spiro atoms. The Morgan fingerprint density at radius 2 is 1.82 bits per heavy atom. The molecule has 0 bridgehead atoms. The van der Waals surface area contributed by atoms with Crippen LogP contribution in [0.15, 0.2) is 47.4 Å². The molecule has 2 aromatic rings. The predicted octanol–water partition coefficient (Wildman–Crippen LogP) is 5.06. The lowest BCUT2D eigenvalue weighted by Gasteiger charge is -2.27. The second kappa shape index (κ2) is 10.1. The van der Waals surface area contributed by atoms with E-state index in [0.29, 0.717) is 25.3 Å². The summed E-state index contributed by atoms with van der Waals surface area (Å²) in [6.45, 7) is 9.90. The number of carboxylic acids is 1. The first-order valence-corrected chi connectivity index (χ1v) is 13.6. The van der Waals surface area contributed by atoms with Gasteiger partial charge in [-0.05, 0) is 62.9 Å². The zero-order chi connectivity index (χ0) is 24.4. The van der Waals surface area contributed by atoms with Crippen LogP contribution in [0.5, 0.6) is 5.75 Å². The Morgan fingerprint density at radius 1 is 1.15 bits per heavy atom. The van der Waals surface area contributed by atoms with Gasteiger partial charge < -0.3 is 9.84 Å². The van der Waals surface area contributed by atoms with Crippen molar-refractivity contribution in [2.75, 3.05) is 13.1 Å². The Bertz CT molecular complexity index is 1100. The van der Waals surface area contributed by atoms with Crippen molar-refractivity contribution < 1.29 is 23.1 Å². The molecule has 0 aliphatic carbocycles. The first-order valence-electron chi connectivity index (χ1n) is 11.2. The number of thioether (sulfide) groups is 1. The Labute approximate surface area is 201 Å². The van der Waals surface area contributed by atoms with Crippen molar-refractivity contribution in [3.05, 3.63) is 59.2 Å². The van der Waals surface area contributed by atoms with Crippen molar-refractivity contribution >= 4 is 27.8 Å². The average Bonchev–Trinajstić information content (AvgIpc) is 3.08. The number of fused-ring (bicyclic) bond motifs is 1. The Hall–Kier alpha value is -2.03. The molecule has 1 aliphatic rings. The van der Waals surface area contributed by atoms with E-state index in [1.807, 2.05) is 45.0 Å². The fourth-order valence-electron chi connectivity index (χ4n) is 3.90. The predicted molar refractivity (Wildman–Crippen MR) is 133 cm³/mol. The summed E-state index contributed by atoms with van der Waals surface area (Å²) < 4.78 is 33.9. The molecule has 0 fully saturated rings. The molecule has 0 radical (unpaired) electrons. The Balaban J connectivity index is 1.70. The number of hydrogen-bond donors (Lipinski definition) is 1. The molecule has 1 aliphatic heterocycles. The van der Waals surface area contributed by atoms with Crippen LogP contribution in [-0.4, -0.2) is 47.1 Å². The van der Waals surface area contributed by atoms with Crippen molar-refractivity contribution in [2.45, 2.75) is 68.5 Å². The number of benzene rings is 2. The van der Waals surface area contributed by atoms with E-state index in [2.05, 4.69) is 6.07 Å². The van der Waals surface area contributed by atoms with Crippen LogP contribution in [0.4, 0.5) is 0 Å². The summed E-state index contributed by atoms with van der Waals surface area (Å²) in [6.07, 6.45) is 1.31. The van der Waals surface area contributed by atoms with Crippen molar-refractivity contribution in [2.24, 2.45) is 0 Å². The van der Waals surface area contributed by atoms with E-state index >= 15 is 0 Å². The highest BCUT2D eigenvalue weighted by molar-refractivity contribution is 8.13. The summed E-state index contributed by atoms with van der Waals surface area (Å²) in [6, 6.07) is 13.3. The summed E-state index contributed by atoms with van der Waals surface area (Å²) in [7, 11) is -3.50. The van der Waals surface area contributed by atoms with E-state index in [0.717, 1.165) is 28.0 Å².